The lowest BCUT2D eigenvalue weighted by atomic mass is 9.91. The van der Waals surface area contributed by atoms with E-state index in [0.717, 1.165) is 48.8 Å². The van der Waals surface area contributed by atoms with Crippen molar-refractivity contribution in [3.8, 4) is 6.07 Å². The number of carbonyl (C=O) groups is 1. The zero-order valence-electron chi connectivity index (χ0n) is 14.7. The highest BCUT2D eigenvalue weighted by molar-refractivity contribution is 9.10. The van der Waals surface area contributed by atoms with E-state index < -0.39 is 0 Å². The molecule has 1 saturated heterocycles. The van der Waals surface area contributed by atoms with Gasteiger partial charge in [0.25, 0.3) is 0 Å². The highest BCUT2D eigenvalue weighted by atomic mass is 79.9. The fraction of sp³-hybridized carbons (Fsp3) is 0.611. The zero-order chi connectivity index (χ0) is 18.5. The van der Waals surface area contributed by atoms with E-state index in [1.54, 1.807) is 11.1 Å². The molecule has 2 fully saturated rings. The Bertz CT molecular complexity index is 683. The Morgan fingerprint density at radius 3 is 2.77 bits per heavy atom. The van der Waals surface area contributed by atoms with Gasteiger partial charge in [0, 0.05) is 29.3 Å². The number of likely N-dealkylation sites (tertiary alicyclic amines) is 1. The van der Waals surface area contributed by atoms with Gasteiger partial charge in [0.05, 0.1) is 18.3 Å². The number of nitrogens with one attached hydrogen (secondary N) is 2. The number of amides is 1. The van der Waals surface area contributed by atoms with Crippen LogP contribution in [0.15, 0.2) is 16.7 Å². The van der Waals surface area contributed by atoms with Crippen LogP contribution in [0, 0.1) is 11.3 Å². The van der Waals surface area contributed by atoms with Crippen molar-refractivity contribution in [1.82, 2.24) is 15.2 Å². The summed E-state index contributed by atoms with van der Waals surface area (Å²) in [6.07, 6.45) is 7.48. The van der Waals surface area contributed by atoms with Crippen LogP contribution in [0.5, 0.6) is 0 Å². The molecular formula is C18H25BrN6O. The fourth-order valence-electron chi connectivity index (χ4n) is 3.74. The molecule has 2 aliphatic rings. The maximum atomic E-state index is 12.3. The molecule has 1 atom stereocenters. The minimum atomic E-state index is -0.242. The molecule has 1 aromatic rings. The minimum absolute atomic E-state index is 0.0427. The first-order valence-corrected chi connectivity index (χ1v) is 9.96. The van der Waals surface area contributed by atoms with Crippen molar-refractivity contribution in [3.05, 3.63) is 16.7 Å². The number of halogens is 1. The second-order valence-electron chi connectivity index (χ2n) is 7.04. The van der Waals surface area contributed by atoms with Crippen LogP contribution in [0.3, 0.4) is 0 Å². The van der Waals surface area contributed by atoms with Gasteiger partial charge in [-0.05, 0) is 60.5 Å². The van der Waals surface area contributed by atoms with E-state index in [-0.39, 0.29) is 11.9 Å². The summed E-state index contributed by atoms with van der Waals surface area (Å²) in [5.41, 5.74) is 6.64. The maximum Gasteiger partial charge on any atom is 0.237 e. The van der Waals surface area contributed by atoms with Gasteiger partial charge in [0.2, 0.25) is 5.91 Å². The molecule has 0 radical (unpaired) electrons. The van der Waals surface area contributed by atoms with Gasteiger partial charge in [-0.15, -0.1) is 0 Å². The molecule has 1 aromatic heterocycles. The first kappa shape index (κ1) is 18.9. The number of pyridine rings is 1. The standard InChI is InChI=1S/C18H25BrN6O/c19-12-8-16(21)18(23-10-12)24-14-5-3-13(4-6-14)22-11-17(26)25-7-1-2-15(25)9-20/h8,10,13-15,22H,1-7,11,21H2,(H,23,24)/t13?,14?,15-/m0/s1. The first-order chi connectivity index (χ1) is 12.6. The number of hydrogen-bond acceptors (Lipinski definition) is 6. The highest BCUT2D eigenvalue weighted by Crippen LogP contribution is 2.25. The molecule has 4 N–H and O–H groups in total. The third-order valence-electron chi connectivity index (χ3n) is 5.22. The summed E-state index contributed by atoms with van der Waals surface area (Å²) in [6, 6.07) is 4.52. The molecule has 0 aromatic carbocycles. The molecule has 2 heterocycles. The number of nitrogen functional groups attached to an aromatic ring is 1. The molecule has 1 aliphatic carbocycles. The molecule has 0 spiro atoms. The molecule has 1 saturated carbocycles. The van der Waals surface area contributed by atoms with Crippen molar-refractivity contribution < 1.29 is 4.79 Å². The topological polar surface area (TPSA) is 107 Å². The summed E-state index contributed by atoms with van der Waals surface area (Å²) >= 11 is 3.36. The third kappa shape index (κ3) is 4.65. The lowest BCUT2D eigenvalue weighted by molar-refractivity contribution is -0.130. The summed E-state index contributed by atoms with van der Waals surface area (Å²) in [4.78, 5) is 18.3. The first-order valence-electron chi connectivity index (χ1n) is 9.17. The van der Waals surface area contributed by atoms with Crippen LogP contribution in [-0.2, 0) is 4.79 Å². The average molecular weight is 421 g/mol. The Hall–Kier alpha value is -1.85. The fourth-order valence-corrected chi connectivity index (χ4v) is 4.09. The second kappa shape index (κ2) is 8.69. The van der Waals surface area contributed by atoms with Crippen molar-refractivity contribution in [1.29, 1.82) is 5.26 Å². The molecule has 140 valence electrons. The Balaban J connectivity index is 1.41. The second-order valence-corrected chi connectivity index (χ2v) is 7.96. The van der Waals surface area contributed by atoms with Gasteiger partial charge in [-0.3, -0.25) is 4.79 Å². The number of anilines is 2. The monoisotopic (exact) mass is 420 g/mol. The van der Waals surface area contributed by atoms with E-state index in [1.165, 1.54) is 0 Å². The number of nitriles is 1. The van der Waals surface area contributed by atoms with Crippen LogP contribution >= 0.6 is 15.9 Å². The van der Waals surface area contributed by atoms with Gasteiger partial charge in [-0.25, -0.2) is 4.98 Å². The molecule has 0 unspecified atom stereocenters. The number of rotatable bonds is 5. The number of hydrogen-bond donors (Lipinski definition) is 3. The summed E-state index contributed by atoms with van der Waals surface area (Å²) < 4.78 is 0.870. The Labute approximate surface area is 162 Å². The molecule has 8 heteroatoms. The minimum Gasteiger partial charge on any atom is -0.396 e. The van der Waals surface area contributed by atoms with Gasteiger partial charge in [-0.2, -0.15) is 5.26 Å². The van der Waals surface area contributed by atoms with Crippen molar-refractivity contribution in [2.24, 2.45) is 0 Å². The molecule has 26 heavy (non-hydrogen) atoms. The SMILES string of the molecule is N#C[C@@H]1CCCN1C(=O)CNC1CCC(Nc2ncc(Br)cc2N)CC1. The summed E-state index contributed by atoms with van der Waals surface area (Å²) in [7, 11) is 0. The number of nitrogens with zero attached hydrogens (tertiary/aromatic N) is 3. The molecule has 0 bridgehead atoms. The van der Waals surface area contributed by atoms with Gasteiger partial charge in [0.15, 0.2) is 0 Å². The van der Waals surface area contributed by atoms with Crippen molar-refractivity contribution in [2.75, 3.05) is 24.1 Å². The van der Waals surface area contributed by atoms with E-state index in [9.17, 15) is 4.79 Å². The van der Waals surface area contributed by atoms with Crippen LogP contribution in [-0.4, -0.2) is 47.0 Å². The Morgan fingerprint density at radius 1 is 1.35 bits per heavy atom. The lowest BCUT2D eigenvalue weighted by Crippen LogP contribution is -2.45. The number of nitrogens with two attached hydrogens (primary N) is 1. The quantitative estimate of drug-likeness (QED) is 0.673. The van der Waals surface area contributed by atoms with Crippen LogP contribution < -0.4 is 16.4 Å². The van der Waals surface area contributed by atoms with Crippen LogP contribution in [0.25, 0.3) is 0 Å². The molecule has 1 aliphatic heterocycles. The molecular weight excluding hydrogens is 396 g/mol. The van der Waals surface area contributed by atoms with Gasteiger partial charge >= 0.3 is 0 Å². The third-order valence-corrected chi connectivity index (χ3v) is 5.65. The average Bonchev–Trinajstić information content (AvgIpc) is 3.12. The summed E-state index contributed by atoms with van der Waals surface area (Å²) in [5, 5.41) is 15.9. The Kier molecular flexibility index (Phi) is 6.33. The Morgan fingerprint density at radius 2 is 2.08 bits per heavy atom. The summed E-state index contributed by atoms with van der Waals surface area (Å²) in [5.74, 6) is 0.775. The smallest absolute Gasteiger partial charge is 0.237 e. The van der Waals surface area contributed by atoms with Crippen LogP contribution in [0.4, 0.5) is 11.5 Å². The highest BCUT2D eigenvalue weighted by Gasteiger charge is 2.29. The van der Waals surface area contributed by atoms with Gasteiger partial charge in [-0.1, -0.05) is 0 Å². The van der Waals surface area contributed by atoms with Crippen molar-refractivity contribution >= 4 is 33.3 Å². The normalized spacial score (nSPS) is 25.7. The zero-order valence-corrected chi connectivity index (χ0v) is 16.3. The predicted octanol–water partition coefficient (Wildman–Crippen LogP) is 2.25. The number of aromatic nitrogens is 1. The largest absolute Gasteiger partial charge is 0.396 e. The molecule has 7 nitrogen and oxygen atoms in total. The van der Waals surface area contributed by atoms with Gasteiger partial charge < -0.3 is 21.3 Å². The van der Waals surface area contributed by atoms with Crippen LogP contribution in [0.2, 0.25) is 0 Å². The van der Waals surface area contributed by atoms with Crippen molar-refractivity contribution in [2.45, 2.75) is 56.7 Å². The van der Waals surface area contributed by atoms with E-state index in [1.807, 2.05) is 6.07 Å². The predicted molar refractivity (Wildman–Crippen MR) is 104 cm³/mol. The van der Waals surface area contributed by atoms with E-state index in [2.05, 4.69) is 37.6 Å². The van der Waals surface area contributed by atoms with Gasteiger partial charge in [0.1, 0.15) is 11.9 Å². The number of carbonyl (C=O) groups excluding carboxylic acids is 1. The van der Waals surface area contributed by atoms with E-state index >= 15 is 0 Å². The molecule has 3 rings (SSSR count). The van der Waals surface area contributed by atoms with E-state index in [0.29, 0.717) is 30.9 Å². The lowest BCUT2D eigenvalue weighted by Gasteiger charge is -2.31. The van der Waals surface area contributed by atoms with Crippen molar-refractivity contribution in [3.63, 3.8) is 0 Å². The van der Waals surface area contributed by atoms with E-state index in [4.69, 9.17) is 11.0 Å². The maximum absolute atomic E-state index is 12.3. The van der Waals surface area contributed by atoms with Crippen LogP contribution in [0.1, 0.15) is 38.5 Å². The molecule has 1 amide bonds. The summed E-state index contributed by atoms with van der Waals surface area (Å²) in [6.45, 7) is 1.03.